The lowest BCUT2D eigenvalue weighted by molar-refractivity contribution is 0.185. The van der Waals surface area contributed by atoms with Crippen LogP contribution < -0.4 is 5.32 Å². The zero-order chi connectivity index (χ0) is 17.2. The molecule has 0 amide bonds. The van der Waals surface area contributed by atoms with Crippen molar-refractivity contribution >= 4 is 10.1 Å². The zero-order valence-electron chi connectivity index (χ0n) is 13.5. The lowest BCUT2D eigenvalue weighted by Gasteiger charge is -2.14. The van der Waals surface area contributed by atoms with Crippen molar-refractivity contribution in [3.05, 3.63) is 47.5 Å². The Morgan fingerprint density at radius 1 is 1.29 bits per heavy atom. The maximum atomic E-state index is 10.4. The molecule has 2 aromatic rings. The molecule has 1 aromatic carbocycles. The van der Waals surface area contributed by atoms with Crippen LogP contribution in [-0.2, 0) is 27.9 Å². The van der Waals surface area contributed by atoms with Gasteiger partial charge in [-0.15, -0.1) is 0 Å². The van der Waals surface area contributed by atoms with Gasteiger partial charge in [0, 0.05) is 19.7 Å². The third-order valence-corrected chi connectivity index (χ3v) is 5.03. The largest absolute Gasteiger partial charge is 0.379 e. The SMILES string of the molecule is Cc1nc2c(n1[C@H]1CCOC1)CNC2.O=S(=O)(O)c1ccccc1. The first-order valence-electron chi connectivity index (χ1n) is 7.84. The fourth-order valence-electron chi connectivity index (χ4n) is 3.08. The summed E-state index contributed by atoms with van der Waals surface area (Å²) < 4.78 is 37.0. The molecule has 0 unspecified atom stereocenters. The van der Waals surface area contributed by atoms with Crippen molar-refractivity contribution in [3.63, 3.8) is 0 Å². The minimum atomic E-state index is -4.00. The van der Waals surface area contributed by atoms with Gasteiger partial charge in [-0.3, -0.25) is 4.55 Å². The van der Waals surface area contributed by atoms with Crippen molar-refractivity contribution in [2.45, 2.75) is 37.4 Å². The molecule has 0 bridgehead atoms. The van der Waals surface area contributed by atoms with Crippen molar-refractivity contribution < 1.29 is 17.7 Å². The third kappa shape index (κ3) is 3.67. The van der Waals surface area contributed by atoms with E-state index in [1.54, 1.807) is 18.2 Å². The summed E-state index contributed by atoms with van der Waals surface area (Å²) in [5.41, 5.74) is 2.60. The highest BCUT2D eigenvalue weighted by atomic mass is 32.2. The molecule has 24 heavy (non-hydrogen) atoms. The predicted octanol–water partition coefficient (Wildman–Crippen LogP) is 1.69. The summed E-state index contributed by atoms with van der Waals surface area (Å²) in [6.07, 6.45) is 1.13. The van der Waals surface area contributed by atoms with Crippen LogP contribution in [0.3, 0.4) is 0 Å². The van der Waals surface area contributed by atoms with Crippen molar-refractivity contribution in [1.82, 2.24) is 14.9 Å². The molecule has 0 radical (unpaired) electrons. The van der Waals surface area contributed by atoms with Gasteiger partial charge < -0.3 is 14.6 Å². The molecule has 7 nitrogen and oxygen atoms in total. The number of ether oxygens (including phenoxy) is 1. The van der Waals surface area contributed by atoms with E-state index in [1.165, 1.54) is 23.5 Å². The highest BCUT2D eigenvalue weighted by Crippen LogP contribution is 2.26. The standard InChI is InChI=1S/C10H15N3O.C6H6O3S/c1-7-12-9-4-11-5-10(9)13(7)8-2-3-14-6-8;7-10(8,9)6-4-2-1-3-5-6/h8,11H,2-6H2,1H3;1-5H,(H,7,8,9)/t8-;/m0./s1. The van der Waals surface area contributed by atoms with E-state index in [-0.39, 0.29) is 4.90 Å². The van der Waals surface area contributed by atoms with E-state index in [9.17, 15) is 8.42 Å². The average Bonchev–Trinajstić information content (AvgIpc) is 3.25. The van der Waals surface area contributed by atoms with E-state index in [4.69, 9.17) is 9.29 Å². The molecule has 1 atom stereocenters. The van der Waals surface area contributed by atoms with Crippen LogP contribution in [0.15, 0.2) is 35.2 Å². The second-order valence-electron chi connectivity index (χ2n) is 5.83. The Morgan fingerprint density at radius 2 is 2.04 bits per heavy atom. The van der Waals surface area contributed by atoms with Crippen LogP contribution >= 0.6 is 0 Å². The molecule has 4 rings (SSSR count). The molecule has 2 aliphatic rings. The van der Waals surface area contributed by atoms with Crippen molar-refractivity contribution in [2.24, 2.45) is 0 Å². The summed E-state index contributed by atoms with van der Waals surface area (Å²) >= 11 is 0. The molecule has 0 spiro atoms. The number of aryl methyl sites for hydroxylation is 1. The highest BCUT2D eigenvalue weighted by molar-refractivity contribution is 7.85. The normalized spacial score (nSPS) is 19.7. The molecule has 2 N–H and O–H groups in total. The smallest absolute Gasteiger partial charge is 0.294 e. The summed E-state index contributed by atoms with van der Waals surface area (Å²) in [5, 5.41) is 3.33. The van der Waals surface area contributed by atoms with Crippen LogP contribution in [0.5, 0.6) is 0 Å². The number of rotatable bonds is 2. The van der Waals surface area contributed by atoms with Gasteiger partial charge in [-0.1, -0.05) is 18.2 Å². The van der Waals surface area contributed by atoms with Crippen LogP contribution in [0.2, 0.25) is 0 Å². The van der Waals surface area contributed by atoms with Crippen molar-refractivity contribution in [1.29, 1.82) is 0 Å². The van der Waals surface area contributed by atoms with Gasteiger partial charge in [0.1, 0.15) is 5.82 Å². The number of hydrogen-bond acceptors (Lipinski definition) is 5. The minimum absolute atomic E-state index is 0.0741. The van der Waals surface area contributed by atoms with Gasteiger partial charge in [-0.2, -0.15) is 8.42 Å². The number of fused-ring (bicyclic) bond motifs is 1. The zero-order valence-corrected chi connectivity index (χ0v) is 14.3. The predicted molar refractivity (Wildman–Crippen MR) is 88.2 cm³/mol. The van der Waals surface area contributed by atoms with Gasteiger partial charge in [0.05, 0.1) is 28.9 Å². The van der Waals surface area contributed by atoms with Gasteiger partial charge in [-0.05, 0) is 25.5 Å². The van der Waals surface area contributed by atoms with Gasteiger partial charge in [0.2, 0.25) is 0 Å². The molecule has 2 aliphatic heterocycles. The fraction of sp³-hybridized carbons (Fsp3) is 0.438. The van der Waals surface area contributed by atoms with E-state index in [2.05, 4.69) is 21.8 Å². The number of aromatic nitrogens is 2. The molecule has 130 valence electrons. The van der Waals surface area contributed by atoms with Gasteiger partial charge in [0.25, 0.3) is 10.1 Å². The van der Waals surface area contributed by atoms with Crippen LogP contribution in [-0.4, -0.2) is 35.7 Å². The summed E-state index contributed by atoms with van der Waals surface area (Å²) in [4.78, 5) is 4.51. The number of hydrogen-bond donors (Lipinski definition) is 2. The Bertz CT molecular complexity index is 796. The number of benzene rings is 1. The molecule has 1 saturated heterocycles. The highest BCUT2D eigenvalue weighted by Gasteiger charge is 2.26. The molecular weight excluding hydrogens is 330 g/mol. The Morgan fingerprint density at radius 3 is 2.62 bits per heavy atom. The van der Waals surface area contributed by atoms with Gasteiger partial charge in [-0.25, -0.2) is 4.98 Å². The Hall–Kier alpha value is -1.74. The lowest BCUT2D eigenvalue weighted by Crippen LogP contribution is -2.15. The van der Waals surface area contributed by atoms with Crippen LogP contribution in [0.1, 0.15) is 29.7 Å². The van der Waals surface area contributed by atoms with Crippen molar-refractivity contribution in [3.8, 4) is 0 Å². The molecule has 3 heterocycles. The van der Waals surface area contributed by atoms with E-state index in [0.29, 0.717) is 6.04 Å². The number of imidazole rings is 1. The monoisotopic (exact) mass is 351 g/mol. The number of nitrogens with zero attached hydrogens (tertiary/aromatic N) is 2. The Kier molecular flexibility index (Phi) is 5.00. The van der Waals surface area contributed by atoms with Crippen LogP contribution in [0.25, 0.3) is 0 Å². The van der Waals surface area contributed by atoms with E-state index >= 15 is 0 Å². The second kappa shape index (κ2) is 7.02. The first kappa shape index (κ1) is 17.1. The molecule has 8 heteroatoms. The van der Waals surface area contributed by atoms with Gasteiger partial charge >= 0.3 is 0 Å². The van der Waals surface area contributed by atoms with Crippen molar-refractivity contribution in [2.75, 3.05) is 13.2 Å². The summed E-state index contributed by atoms with van der Waals surface area (Å²) in [7, 11) is -4.00. The summed E-state index contributed by atoms with van der Waals surface area (Å²) in [6, 6.07) is 7.94. The van der Waals surface area contributed by atoms with Crippen LogP contribution in [0, 0.1) is 6.92 Å². The van der Waals surface area contributed by atoms with Gasteiger partial charge in [0.15, 0.2) is 0 Å². The Balaban J connectivity index is 0.000000150. The average molecular weight is 351 g/mol. The quantitative estimate of drug-likeness (QED) is 0.800. The molecular formula is C16H21N3O4S. The third-order valence-electron chi connectivity index (χ3n) is 4.17. The maximum Gasteiger partial charge on any atom is 0.294 e. The molecule has 0 aliphatic carbocycles. The molecule has 1 fully saturated rings. The minimum Gasteiger partial charge on any atom is -0.379 e. The summed E-state index contributed by atoms with van der Waals surface area (Å²) in [5.74, 6) is 1.15. The maximum absolute atomic E-state index is 10.4. The Labute approximate surface area is 141 Å². The lowest BCUT2D eigenvalue weighted by atomic mass is 10.2. The van der Waals surface area contributed by atoms with E-state index in [0.717, 1.165) is 38.5 Å². The fourth-order valence-corrected chi connectivity index (χ4v) is 3.58. The number of nitrogens with one attached hydrogen (secondary N) is 1. The van der Waals surface area contributed by atoms with Crippen LogP contribution in [0.4, 0.5) is 0 Å². The molecule has 1 aromatic heterocycles. The molecule has 0 saturated carbocycles. The topological polar surface area (TPSA) is 93.5 Å². The summed E-state index contributed by atoms with van der Waals surface area (Å²) in [6.45, 7) is 5.73. The van der Waals surface area contributed by atoms with E-state index < -0.39 is 10.1 Å². The second-order valence-corrected chi connectivity index (χ2v) is 7.25. The first-order chi connectivity index (χ1) is 11.5. The van der Waals surface area contributed by atoms with E-state index in [1.807, 2.05) is 0 Å². The first-order valence-corrected chi connectivity index (χ1v) is 9.28.